The van der Waals surface area contributed by atoms with Crippen LogP contribution >= 0.6 is 23.2 Å². The summed E-state index contributed by atoms with van der Waals surface area (Å²) in [7, 11) is 0. The topological polar surface area (TPSA) is 37.3 Å². The van der Waals surface area contributed by atoms with Crippen molar-refractivity contribution in [1.29, 1.82) is 0 Å². The Morgan fingerprint density at radius 2 is 2.15 bits per heavy atom. The van der Waals surface area contributed by atoms with Gasteiger partial charge < -0.3 is 4.57 Å². The lowest BCUT2D eigenvalue weighted by atomic mass is 10.2. The molecule has 1 aromatic heterocycles. The Hall–Kier alpha value is -1.39. The number of hydrazine groups is 1. The minimum absolute atomic E-state index is 0.0634. The van der Waals surface area contributed by atoms with Crippen LogP contribution in [0.4, 0.5) is 5.82 Å². The number of halogens is 2. The summed E-state index contributed by atoms with van der Waals surface area (Å²) in [6, 6.07) is 3.69. The fourth-order valence-corrected chi connectivity index (χ4v) is 2.87. The predicted octanol–water partition coefficient (Wildman–Crippen LogP) is 3.92. The number of aromatic nitrogens is 1. The summed E-state index contributed by atoms with van der Waals surface area (Å²) in [6.45, 7) is 3.12. The number of nitrogens with one attached hydrogen (secondary N) is 1. The first-order chi connectivity index (χ1) is 9.61. The van der Waals surface area contributed by atoms with E-state index < -0.39 is 0 Å². The fourth-order valence-electron chi connectivity index (χ4n) is 2.45. The third-order valence-corrected chi connectivity index (χ3v) is 4.33. The molecule has 1 amide bonds. The van der Waals surface area contributed by atoms with Crippen LogP contribution in [-0.4, -0.2) is 22.0 Å². The molecule has 0 unspecified atom stereocenters. The van der Waals surface area contributed by atoms with Gasteiger partial charge in [0.15, 0.2) is 0 Å². The highest BCUT2D eigenvalue weighted by atomic mass is 35.5. The molecule has 1 aliphatic heterocycles. The minimum Gasteiger partial charge on any atom is -0.323 e. The molecular formula is C14H15Cl2N3O. The first-order valence-corrected chi connectivity index (χ1v) is 7.41. The van der Waals surface area contributed by atoms with Gasteiger partial charge in [0.2, 0.25) is 0 Å². The Morgan fingerprint density at radius 3 is 2.90 bits per heavy atom. The van der Waals surface area contributed by atoms with E-state index >= 15 is 0 Å². The van der Waals surface area contributed by atoms with Crippen LogP contribution in [0, 0.1) is 0 Å². The van der Waals surface area contributed by atoms with Gasteiger partial charge in [-0.15, -0.1) is 0 Å². The lowest BCUT2D eigenvalue weighted by molar-refractivity contribution is -0.131. The Morgan fingerprint density at radius 1 is 1.35 bits per heavy atom. The number of benzene rings is 1. The summed E-state index contributed by atoms with van der Waals surface area (Å²) in [5.41, 5.74) is 3.18. The van der Waals surface area contributed by atoms with Crippen molar-refractivity contribution in [2.75, 3.05) is 12.0 Å². The summed E-state index contributed by atoms with van der Waals surface area (Å²) in [6.07, 6.45) is 3.93. The second-order valence-electron chi connectivity index (χ2n) is 4.94. The third-order valence-electron chi connectivity index (χ3n) is 3.53. The largest absolute Gasteiger partial charge is 0.323 e. The van der Waals surface area contributed by atoms with Crippen molar-refractivity contribution < 1.29 is 4.79 Å². The van der Waals surface area contributed by atoms with Crippen LogP contribution in [0.5, 0.6) is 0 Å². The Labute approximate surface area is 127 Å². The Kier molecular flexibility index (Phi) is 3.52. The average molecular weight is 312 g/mol. The van der Waals surface area contributed by atoms with E-state index in [9.17, 15) is 4.79 Å². The van der Waals surface area contributed by atoms with Crippen LogP contribution in [0.1, 0.15) is 19.8 Å². The van der Waals surface area contributed by atoms with E-state index in [-0.39, 0.29) is 5.91 Å². The molecule has 3 rings (SSSR count). The summed E-state index contributed by atoms with van der Waals surface area (Å²) in [5.74, 6) is 0.900. The molecule has 6 heteroatoms. The molecule has 0 radical (unpaired) electrons. The molecule has 106 valence electrons. The molecule has 0 bridgehead atoms. The summed E-state index contributed by atoms with van der Waals surface area (Å²) < 4.78 is 1.89. The van der Waals surface area contributed by atoms with Crippen LogP contribution in [0.3, 0.4) is 0 Å². The first-order valence-electron chi connectivity index (χ1n) is 6.65. The third kappa shape index (κ3) is 2.13. The van der Waals surface area contributed by atoms with Gasteiger partial charge in [0.25, 0.3) is 5.91 Å². The highest BCUT2D eigenvalue weighted by Crippen LogP contribution is 2.38. The van der Waals surface area contributed by atoms with Gasteiger partial charge in [-0.1, -0.05) is 42.6 Å². The van der Waals surface area contributed by atoms with E-state index in [0.717, 1.165) is 29.4 Å². The van der Waals surface area contributed by atoms with Gasteiger partial charge in [-0.05, 0) is 12.5 Å². The Balaban J connectivity index is 2.06. The molecule has 1 aliphatic rings. The van der Waals surface area contributed by atoms with Crippen LogP contribution in [0.15, 0.2) is 18.3 Å². The standard InChI is InChI=1S/C14H15Cl2N3O/c1-2-3-6-19-11(20)8-18-7-9-4-5-10(15)13(16)12(9)14(18)17-19/h4-5,7,17H,2-3,6,8H2,1H3. The average Bonchev–Trinajstić information content (AvgIpc) is 2.78. The number of nitrogens with zero attached hydrogens (tertiary/aromatic N) is 2. The van der Waals surface area contributed by atoms with Gasteiger partial charge in [-0.25, -0.2) is 0 Å². The van der Waals surface area contributed by atoms with Crippen molar-refractivity contribution in [2.24, 2.45) is 0 Å². The number of hydrogen-bond donors (Lipinski definition) is 1. The zero-order valence-electron chi connectivity index (χ0n) is 11.1. The van der Waals surface area contributed by atoms with Crippen molar-refractivity contribution in [3.8, 4) is 0 Å². The molecule has 0 fully saturated rings. The monoisotopic (exact) mass is 311 g/mol. The molecule has 1 N–H and O–H groups in total. The normalized spacial score (nSPS) is 14.6. The molecular weight excluding hydrogens is 297 g/mol. The maximum Gasteiger partial charge on any atom is 0.260 e. The predicted molar refractivity (Wildman–Crippen MR) is 82.2 cm³/mol. The van der Waals surface area contributed by atoms with Crippen LogP contribution in [-0.2, 0) is 11.3 Å². The number of unbranched alkanes of at least 4 members (excludes halogenated alkanes) is 1. The maximum atomic E-state index is 12.1. The lowest BCUT2D eigenvalue weighted by Gasteiger charge is -2.30. The highest BCUT2D eigenvalue weighted by Gasteiger charge is 2.25. The van der Waals surface area contributed by atoms with Crippen molar-refractivity contribution in [1.82, 2.24) is 9.58 Å². The smallest absolute Gasteiger partial charge is 0.260 e. The molecule has 0 saturated carbocycles. The molecule has 4 nitrogen and oxygen atoms in total. The van der Waals surface area contributed by atoms with Crippen LogP contribution in [0.2, 0.25) is 10.0 Å². The van der Waals surface area contributed by atoms with Gasteiger partial charge in [-0.3, -0.25) is 15.2 Å². The minimum atomic E-state index is 0.0634. The lowest BCUT2D eigenvalue weighted by Crippen LogP contribution is -2.43. The number of amides is 1. The zero-order chi connectivity index (χ0) is 14.3. The molecule has 0 saturated heterocycles. The van der Waals surface area contributed by atoms with Gasteiger partial charge >= 0.3 is 0 Å². The van der Waals surface area contributed by atoms with Crippen LogP contribution in [0.25, 0.3) is 10.8 Å². The summed E-state index contributed by atoms with van der Waals surface area (Å²) in [4.78, 5) is 12.1. The summed E-state index contributed by atoms with van der Waals surface area (Å²) in [5, 5.41) is 4.55. The number of carbonyl (C=O) groups is 1. The highest BCUT2D eigenvalue weighted by molar-refractivity contribution is 6.46. The van der Waals surface area contributed by atoms with Crippen molar-refractivity contribution in [3.05, 3.63) is 28.4 Å². The molecule has 20 heavy (non-hydrogen) atoms. The maximum absolute atomic E-state index is 12.1. The van der Waals surface area contributed by atoms with E-state index in [1.54, 1.807) is 11.1 Å². The molecule has 0 atom stereocenters. The van der Waals surface area contributed by atoms with Crippen molar-refractivity contribution >= 4 is 45.7 Å². The second kappa shape index (κ2) is 5.19. The van der Waals surface area contributed by atoms with Crippen LogP contribution < -0.4 is 5.43 Å². The van der Waals surface area contributed by atoms with Gasteiger partial charge in [0.1, 0.15) is 12.4 Å². The number of rotatable bonds is 3. The molecule has 0 spiro atoms. The number of carbonyl (C=O) groups excluding carboxylic acids is 1. The summed E-state index contributed by atoms with van der Waals surface area (Å²) >= 11 is 12.4. The molecule has 0 aliphatic carbocycles. The van der Waals surface area contributed by atoms with Crippen molar-refractivity contribution in [3.63, 3.8) is 0 Å². The first kappa shape index (κ1) is 13.6. The van der Waals surface area contributed by atoms with E-state index in [0.29, 0.717) is 23.1 Å². The van der Waals surface area contributed by atoms with E-state index in [4.69, 9.17) is 23.2 Å². The number of anilines is 1. The number of fused-ring (bicyclic) bond motifs is 3. The number of hydrogen-bond acceptors (Lipinski definition) is 2. The second-order valence-corrected chi connectivity index (χ2v) is 5.73. The van der Waals surface area contributed by atoms with Gasteiger partial charge in [-0.2, -0.15) is 0 Å². The fraction of sp³-hybridized carbons (Fsp3) is 0.357. The van der Waals surface area contributed by atoms with E-state index in [2.05, 4.69) is 12.3 Å². The SMILES string of the molecule is CCCCN1Nc2c3c(Cl)c(Cl)ccc3cn2CC1=O. The van der Waals surface area contributed by atoms with E-state index in [1.165, 1.54) is 0 Å². The van der Waals surface area contributed by atoms with Crippen molar-refractivity contribution in [2.45, 2.75) is 26.3 Å². The van der Waals surface area contributed by atoms with E-state index in [1.807, 2.05) is 16.8 Å². The molecule has 2 heterocycles. The molecule has 1 aromatic carbocycles. The molecule has 2 aromatic rings. The van der Waals surface area contributed by atoms with Gasteiger partial charge in [0.05, 0.1) is 10.0 Å². The Bertz CT molecular complexity index is 681. The quantitative estimate of drug-likeness (QED) is 0.933. The van der Waals surface area contributed by atoms with Gasteiger partial charge in [0, 0.05) is 23.5 Å². The zero-order valence-corrected chi connectivity index (χ0v) is 12.6.